The van der Waals surface area contributed by atoms with E-state index in [2.05, 4.69) is 10.4 Å². The molecular formula is C13H17N3OS. The SMILES string of the molecule is CCOc1cccc(C(NN)c2scnc2C)c1. The van der Waals surface area contributed by atoms with Gasteiger partial charge in [-0.2, -0.15) is 0 Å². The summed E-state index contributed by atoms with van der Waals surface area (Å²) in [5.41, 5.74) is 6.76. The zero-order valence-electron chi connectivity index (χ0n) is 10.5. The Bertz CT molecular complexity index is 512. The Morgan fingerprint density at radius 3 is 2.94 bits per heavy atom. The zero-order valence-corrected chi connectivity index (χ0v) is 11.3. The van der Waals surface area contributed by atoms with Gasteiger partial charge in [-0.3, -0.25) is 5.84 Å². The normalized spacial score (nSPS) is 12.4. The molecular weight excluding hydrogens is 246 g/mol. The maximum absolute atomic E-state index is 5.68. The summed E-state index contributed by atoms with van der Waals surface area (Å²) in [4.78, 5) is 5.39. The van der Waals surface area contributed by atoms with Crippen LogP contribution in [0, 0.1) is 6.92 Å². The van der Waals surface area contributed by atoms with E-state index < -0.39 is 0 Å². The summed E-state index contributed by atoms with van der Waals surface area (Å²) < 4.78 is 5.51. The van der Waals surface area contributed by atoms with Gasteiger partial charge < -0.3 is 4.74 Å². The van der Waals surface area contributed by atoms with Gasteiger partial charge in [0, 0.05) is 0 Å². The summed E-state index contributed by atoms with van der Waals surface area (Å²) >= 11 is 1.60. The molecule has 1 aromatic heterocycles. The van der Waals surface area contributed by atoms with Crippen LogP contribution in [0.25, 0.3) is 0 Å². The second-order valence-electron chi connectivity index (χ2n) is 3.91. The molecule has 0 saturated carbocycles. The summed E-state index contributed by atoms with van der Waals surface area (Å²) in [6.45, 7) is 4.62. The number of ether oxygens (including phenoxy) is 1. The van der Waals surface area contributed by atoms with Crippen LogP contribution in [0.2, 0.25) is 0 Å². The highest BCUT2D eigenvalue weighted by atomic mass is 32.1. The van der Waals surface area contributed by atoms with Crippen LogP contribution >= 0.6 is 11.3 Å². The first-order valence-electron chi connectivity index (χ1n) is 5.85. The highest BCUT2D eigenvalue weighted by Crippen LogP contribution is 2.29. The number of aromatic nitrogens is 1. The highest BCUT2D eigenvalue weighted by Gasteiger charge is 2.17. The molecule has 0 saturated heterocycles. The molecule has 96 valence electrons. The molecule has 0 fully saturated rings. The van der Waals surface area contributed by atoms with Gasteiger partial charge in [0.2, 0.25) is 0 Å². The summed E-state index contributed by atoms with van der Waals surface area (Å²) in [5, 5.41) is 0. The standard InChI is InChI=1S/C13H17N3OS/c1-3-17-11-6-4-5-10(7-11)12(16-14)13-9(2)15-8-18-13/h4-8,12,16H,3,14H2,1-2H3. The van der Waals surface area contributed by atoms with Crippen molar-refractivity contribution in [3.63, 3.8) is 0 Å². The van der Waals surface area contributed by atoms with Crippen molar-refractivity contribution < 1.29 is 4.74 Å². The first-order chi connectivity index (χ1) is 8.76. The second kappa shape index (κ2) is 5.95. The summed E-state index contributed by atoms with van der Waals surface area (Å²) in [5.74, 6) is 6.54. The number of rotatable bonds is 5. The van der Waals surface area contributed by atoms with Gasteiger partial charge >= 0.3 is 0 Å². The summed E-state index contributed by atoms with van der Waals surface area (Å²) in [6, 6.07) is 7.92. The van der Waals surface area contributed by atoms with E-state index in [4.69, 9.17) is 10.6 Å². The van der Waals surface area contributed by atoms with Crippen molar-refractivity contribution in [1.29, 1.82) is 0 Å². The molecule has 1 atom stereocenters. The van der Waals surface area contributed by atoms with E-state index >= 15 is 0 Å². The molecule has 5 heteroatoms. The van der Waals surface area contributed by atoms with Gasteiger partial charge in [0.1, 0.15) is 5.75 Å². The van der Waals surface area contributed by atoms with Crippen LogP contribution < -0.4 is 16.0 Å². The summed E-state index contributed by atoms with van der Waals surface area (Å²) in [6.07, 6.45) is 0. The lowest BCUT2D eigenvalue weighted by atomic mass is 10.0. The Labute approximate surface area is 111 Å². The molecule has 0 bridgehead atoms. The third-order valence-electron chi connectivity index (χ3n) is 2.71. The van der Waals surface area contributed by atoms with Crippen molar-refractivity contribution in [2.75, 3.05) is 6.61 Å². The number of thiazole rings is 1. The molecule has 1 unspecified atom stereocenters. The van der Waals surface area contributed by atoms with Gasteiger partial charge in [0.25, 0.3) is 0 Å². The van der Waals surface area contributed by atoms with E-state index in [0.29, 0.717) is 6.61 Å². The lowest BCUT2D eigenvalue weighted by Crippen LogP contribution is -2.28. The number of nitrogens with zero attached hydrogens (tertiary/aromatic N) is 1. The quantitative estimate of drug-likeness (QED) is 0.642. The molecule has 0 spiro atoms. The van der Waals surface area contributed by atoms with Gasteiger partial charge in [0.15, 0.2) is 0 Å². The molecule has 4 nitrogen and oxygen atoms in total. The molecule has 18 heavy (non-hydrogen) atoms. The number of benzene rings is 1. The van der Waals surface area contributed by atoms with Gasteiger partial charge in [0.05, 0.1) is 28.7 Å². The molecule has 1 aromatic carbocycles. The number of nitrogens with one attached hydrogen (secondary N) is 1. The topological polar surface area (TPSA) is 60.2 Å². The lowest BCUT2D eigenvalue weighted by molar-refractivity contribution is 0.339. The van der Waals surface area contributed by atoms with E-state index in [-0.39, 0.29) is 6.04 Å². The molecule has 3 N–H and O–H groups in total. The minimum Gasteiger partial charge on any atom is -0.494 e. The van der Waals surface area contributed by atoms with Crippen molar-refractivity contribution >= 4 is 11.3 Å². The van der Waals surface area contributed by atoms with Gasteiger partial charge in [-0.15, -0.1) is 11.3 Å². The predicted octanol–water partition coefficient (Wildman–Crippen LogP) is 2.40. The molecule has 0 aliphatic rings. The van der Waals surface area contributed by atoms with Crippen LogP contribution in [-0.2, 0) is 0 Å². The fourth-order valence-electron chi connectivity index (χ4n) is 1.86. The minimum atomic E-state index is -0.0436. The Morgan fingerprint density at radius 1 is 1.50 bits per heavy atom. The predicted molar refractivity (Wildman–Crippen MR) is 73.6 cm³/mol. The van der Waals surface area contributed by atoms with Crippen LogP contribution in [0.5, 0.6) is 5.75 Å². The van der Waals surface area contributed by atoms with E-state index in [0.717, 1.165) is 21.9 Å². The fraction of sp³-hybridized carbons (Fsp3) is 0.308. The van der Waals surface area contributed by atoms with Crippen LogP contribution in [-0.4, -0.2) is 11.6 Å². The average molecular weight is 263 g/mol. The maximum Gasteiger partial charge on any atom is 0.119 e. The Balaban J connectivity index is 2.33. The van der Waals surface area contributed by atoms with Crippen LogP contribution in [0.4, 0.5) is 0 Å². The number of nitrogens with two attached hydrogens (primary N) is 1. The van der Waals surface area contributed by atoms with Gasteiger partial charge in [-0.25, -0.2) is 10.4 Å². The minimum absolute atomic E-state index is 0.0436. The molecule has 1 heterocycles. The van der Waals surface area contributed by atoms with Crippen LogP contribution in [0.3, 0.4) is 0 Å². The van der Waals surface area contributed by atoms with Crippen molar-refractivity contribution in [2.45, 2.75) is 19.9 Å². The molecule has 0 aliphatic heterocycles. The number of hydrazine groups is 1. The van der Waals surface area contributed by atoms with E-state index in [1.807, 2.05) is 43.6 Å². The number of hydrogen-bond donors (Lipinski definition) is 2. The number of aryl methyl sites for hydroxylation is 1. The average Bonchev–Trinajstić information content (AvgIpc) is 2.78. The molecule has 0 amide bonds. The first kappa shape index (κ1) is 13.0. The smallest absolute Gasteiger partial charge is 0.119 e. The largest absolute Gasteiger partial charge is 0.494 e. The monoisotopic (exact) mass is 263 g/mol. The van der Waals surface area contributed by atoms with Gasteiger partial charge in [-0.05, 0) is 31.5 Å². The highest BCUT2D eigenvalue weighted by molar-refractivity contribution is 7.09. The van der Waals surface area contributed by atoms with Crippen molar-refractivity contribution in [1.82, 2.24) is 10.4 Å². The summed E-state index contributed by atoms with van der Waals surface area (Å²) in [7, 11) is 0. The molecule has 0 radical (unpaired) electrons. The lowest BCUT2D eigenvalue weighted by Gasteiger charge is -2.16. The van der Waals surface area contributed by atoms with E-state index in [1.165, 1.54) is 0 Å². The van der Waals surface area contributed by atoms with Crippen molar-refractivity contribution in [2.24, 2.45) is 5.84 Å². The molecule has 2 rings (SSSR count). The Morgan fingerprint density at radius 2 is 2.33 bits per heavy atom. The second-order valence-corrected chi connectivity index (χ2v) is 4.79. The first-order valence-corrected chi connectivity index (χ1v) is 6.73. The molecule has 0 aliphatic carbocycles. The fourth-order valence-corrected chi connectivity index (χ4v) is 2.75. The van der Waals surface area contributed by atoms with E-state index in [1.54, 1.807) is 11.3 Å². The Hall–Kier alpha value is -1.43. The Kier molecular flexibility index (Phi) is 4.30. The third-order valence-corrected chi connectivity index (χ3v) is 3.71. The third kappa shape index (κ3) is 2.69. The zero-order chi connectivity index (χ0) is 13.0. The van der Waals surface area contributed by atoms with Crippen molar-refractivity contribution in [3.8, 4) is 5.75 Å². The van der Waals surface area contributed by atoms with Crippen LogP contribution in [0.1, 0.15) is 29.1 Å². The maximum atomic E-state index is 5.68. The van der Waals surface area contributed by atoms with E-state index in [9.17, 15) is 0 Å². The number of hydrogen-bond acceptors (Lipinski definition) is 5. The van der Waals surface area contributed by atoms with Crippen molar-refractivity contribution in [3.05, 3.63) is 45.9 Å². The van der Waals surface area contributed by atoms with Gasteiger partial charge in [-0.1, -0.05) is 12.1 Å². The molecule has 2 aromatic rings. The van der Waals surface area contributed by atoms with Crippen LogP contribution in [0.15, 0.2) is 29.8 Å².